The van der Waals surface area contributed by atoms with Gasteiger partial charge in [-0.1, -0.05) is 29.8 Å². The number of halogens is 1. The van der Waals surface area contributed by atoms with Crippen LogP contribution in [-0.2, 0) is 4.79 Å². The first-order chi connectivity index (χ1) is 8.07. The molecular formula is C11H13ClN2O2S. The van der Waals surface area contributed by atoms with E-state index in [0.717, 1.165) is 0 Å². The van der Waals surface area contributed by atoms with Crippen molar-refractivity contribution < 1.29 is 9.90 Å². The maximum Gasteiger partial charge on any atom is 0.259 e. The fourth-order valence-corrected chi connectivity index (χ4v) is 1.62. The van der Waals surface area contributed by atoms with Gasteiger partial charge >= 0.3 is 0 Å². The number of aliphatic hydroxyl groups excluding tert-OH is 1. The molecule has 92 valence electrons. The van der Waals surface area contributed by atoms with Gasteiger partial charge in [0.15, 0.2) is 0 Å². The highest BCUT2D eigenvalue weighted by Crippen LogP contribution is 2.23. The van der Waals surface area contributed by atoms with Crippen molar-refractivity contribution in [1.82, 2.24) is 5.32 Å². The second-order valence-electron chi connectivity index (χ2n) is 3.22. The Bertz CT molecular complexity index is 449. The molecule has 0 aliphatic rings. The molecule has 0 saturated carbocycles. The van der Waals surface area contributed by atoms with Crippen LogP contribution in [0.3, 0.4) is 0 Å². The summed E-state index contributed by atoms with van der Waals surface area (Å²) in [6, 6.07) is 6.91. The van der Waals surface area contributed by atoms with Crippen molar-refractivity contribution in [2.24, 2.45) is 5.73 Å². The van der Waals surface area contributed by atoms with Crippen LogP contribution < -0.4 is 11.1 Å². The highest BCUT2D eigenvalue weighted by molar-refractivity contribution is 7.85. The van der Waals surface area contributed by atoms with E-state index in [2.05, 4.69) is 17.9 Å². The van der Waals surface area contributed by atoms with Gasteiger partial charge in [-0.25, -0.2) is 0 Å². The Morgan fingerprint density at radius 2 is 2.12 bits per heavy atom. The topological polar surface area (TPSA) is 75.4 Å². The molecule has 0 aliphatic heterocycles. The van der Waals surface area contributed by atoms with Crippen LogP contribution in [0, 0.1) is 0 Å². The molecule has 1 amide bonds. The largest absolute Gasteiger partial charge is 0.397 e. The van der Waals surface area contributed by atoms with E-state index in [9.17, 15) is 4.79 Å². The molecule has 4 nitrogen and oxygen atoms in total. The maximum absolute atomic E-state index is 11.5. The number of benzene rings is 1. The second kappa shape index (κ2) is 6.54. The van der Waals surface area contributed by atoms with Gasteiger partial charge in [-0.05, 0) is 6.07 Å². The van der Waals surface area contributed by atoms with Crippen molar-refractivity contribution >= 4 is 35.8 Å². The summed E-state index contributed by atoms with van der Waals surface area (Å²) in [6.07, 6.45) is 0. The molecule has 0 saturated heterocycles. The minimum atomic E-state index is -0.445. The van der Waals surface area contributed by atoms with Crippen molar-refractivity contribution in [3.8, 4) is 0 Å². The summed E-state index contributed by atoms with van der Waals surface area (Å²) in [5.41, 5.74) is 6.56. The molecule has 1 rings (SSSR count). The van der Waals surface area contributed by atoms with Crippen molar-refractivity contribution in [2.45, 2.75) is 0 Å². The van der Waals surface area contributed by atoms with Gasteiger partial charge in [-0.15, -0.1) is 12.6 Å². The van der Waals surface area contributed by atoms with E-state index in [4.69, 9.17) is 22.4 Å². The summed E-state index contributed by atoms with van der Waals surface area (Å²) in [6.45, 7) is 0.0114. The van der Waals surface area contributed by atoms with Crippen molar-refractivity contribution in [3.05, 3.63) is 39.8 Å². The predicted octanol–water partition coefficient (Wildman–Crippen LogP) is 1.01. The van der Waals surface area contributed by atoms with Crippen LogP contribution in [-0.4, -0.2) is 24.2 Å². The zero-order chi connectivity index (χ0) is 12.8. The predicted molar refractivity (Wildman–Crippen MR) is 71.6 cm³/mol. The lowest BCUT2D eigenvalue weighted by molar-refractivity contribution is -0.116. The summed E-state index contributed by atoms with van der Waals surface area (Å²) < 4.78 is 0. The fourth-order valence-electron chi connectivity index (χ4n) is 1.18. The van der Waals surface area contributed by atoms with Crippen molar-refractivity contribution in [1.29, 1.82) is 0 Å². The van der Waals surface area contributed by atoms with Gasteiger partial charge in [0.05, 0.1) is 17.2 Å². The quantitative estimate of drug-likeness (QED) is 0.488. The Morgan fingerprint density at radius 3 is 2.71 bits per heavy atom. The average molecular weight is 273 g/mol. The van der Waals surface area contributed by atoms with Crippen LogP contribution in [0.1, 0.15) is 5.56 Å². The smallest absolute Gasteiger partial charge is 0.259 e. The Morgan fingerprint density at radius 1 is 1.47 bits per heavy atom. The first kappa shape index (κ1) is 13.9. The summed E-state index contributed by atoms with van der Waals surface area (Å²) >= 11 is 10.0. The van der Waals surface area contributed by atoms with Gasteiger partial charge in [-0.3, -0.25) is 4.79 Å². The molecule has 17 heavy (non-hydrogen) atoms. The number of rotatable bonds is 4. The normalized spacial score (nSPS) is 11.9. The standard InChI is InChI=1S/C11H13ClN2O2S/c12-8-4-2-1-3-7(8)9(13)10(17)11(16)14-5-6-15/h1-4,15,17H,5-6,13H2,(H,14,16)/b10-9-. The number of nitrogens with one attached hydrogen (secondary N) is 1. The summed E-state index contributed by atoms with van der Waals surface area (Å²) in [7, 11) is 0. The van der Waals surface area contributed by atoms with Gasteiger partial charge in [-0.2, -0.15) is 0 Å². The molecule has 0 heterocycles. The zero-order valence-corrected chi connectivity index (χ0v) is 10.6. The molecule has 0 radical (unpaired) electrons. The summed E-state index contributed by atoms with van der Waals surface area (Å²) in [5.74, 6) is -0.445. The van der Waals surface area contributed by atoms with Gasteiger partial charge in [0, 0.05) is 17.1 Å². The average Bonchev–Trinajstić information content (AvgIpc) is 2.34. The van der Waals surface area contributed by atoms with Gasteiger partial charge < -0.3 is 16.2 Å². The van der Waals surface area contributed by atoms with Gasteiger partial charge in [0.2, 0.25) is 0 Å². The number of thiol groups is 1. The third kappa shape index (κ3) is 3.66. The molecule has 0 fully saturated rings. The molecule has 0 unspecified atom stereocenters. The lowest BCUT2D eigenvalue weighted by Crippen LogP contribution is -2.27. The molecule has 0 atom stereocenters. The number of carbonyl (C=O) groups excluding carboxylic acids is 1. The third-order valence-corrected chi connectivity index (χ3v) is 2.81. The third-order valence-electron chi connectivity index (χ3n) is 2.03. The van der Waals surface area contributed by atoms with Crippen LogP contribution in [0.15, 0.2) is 29.2 Å². The molecule has 0 aromatic heterocycles. The molecule has 0 aliphatic carbocycles. The van der Waals surface area contributed by atoms with E-state index in [0.29, 0.717) is 10.6 Å². The van der Waals surface area contributed by atoms with E-state index < -0.39 is 5.91 Å². The molecule has 1 aromatic carbocycles. The Balaban J connectivity index is 2.97. The van der Waals surface area contributed by atoms with Crippen LogP contribution >= 0.6 is 24.2 Å². The van der Waals surface area contributed by atoms with E-state index >= 15 is 0 Å². The number of carbonyl (C=O) groups is 1. The number of amides is 1. The number of aliphatic hydroxyl groups is 1. The minimum absolute atomic E-state index is 0.0755. The first-order valence-corrected chi connectivity index (χ1v) is 5.73. The number of hydrogen-bond acceptors (Lipinski definition) is 4. The van der Waals surface area contributed by atoms with Crippen LogP contribution in [0.4, 0.5) is 0 Å². The van der Waals surface area contributed by atoms with Crippen LogP contribution in [0.2, 0.25) is 5.02 Å². The molecule has 0 spiro atoms. The highest BCUT2D eigenvalue weighted by atomic mass is 35.5. The van der Waals surface area contributed by atoms with E-state index in [1.165, 1.54) is 0 Å². The first-order valence-electron chi connectivity index (χ1n) is 4.90. The summed E-state index contributed by atoms with van der Waals surface area (Å²) in [5, 5.41) is 11.5. The molecule has 4 N–H and O–H groups in total. The van der Waals surface area contributed by atoms with E-state index in [1.54, 1.807) is 24.3 Å². The van der Waals surface area contributed by atoms with Crippen LogP contribution in [0.25, 0.3) is 5.70 Å². The van der Waals surface area contributed by atoms with Crippen LogP contribution in [0.5, 0.6) is 0 Å². The lowest BCUT2D eigenvalue weighted by atomic mass is 10.1. The van der Waals surface area contributed by atoms with Gasteiger partial charge in [0.25, 0.3) is 5.91 Å². The monoisotopic (exact) mass is 272 g/mol. The fraction of sp³-hybridized carbons (Fsp3) is 0.182. The number of hydrogen-bond donors (Lipinski definition) is 4. The maximum atomic E-state index is 11.5. The highest BCUT2D eigenvalue weighted by Gasteiger charge is 2.12. The zero-order valence-electron chi connectivity index (χ0n) is 8.98. The molecular weight excluding hydrogens is 260 g/mol. The van der Waals surface area contributed by atoms with E-state index in [-0.39, 0.29) is 23.8 Å². The Hall–Kier alpha value is -1.17. The molecule has 6 heteroatoms. The lowest BCUT2D eigenvalue weighted by Gasteiger charge is -2.08. The Labute approximate surface area is 110 Å². The van der Waals surface area contributed by atoms with Crippen molar-refractivity contribution in [3.63, 3.8) is 0 Å². The summed E-state index contributed by atoms with van der Waals surface area (Å²) in [4.78, 5) is 11.6. The van der Waals surface area contributed by atoms with E-state index in [1.807, 2.05) is 0 Å². The second-order valence-corrected chi connectivity index (χ2v) is 4.08. The number of nitrogens with two attached hydrogens (primary N) is 1. The van der Waals surface area contributed by atoms with Gasteiger partial charge in [0.1, 0.15) is 0 Å². The molecule has 0 bridgehead atoms. The minimum Gasteiger partial charge on any atom is -0.397 e. The Kier molecular flexibility index (Phi) is 5.34. The SMILES string of the molecule is N/C(=C(\S)C(=O)NCCO)c1ccccc1Cl. The molecule has 1 aromatic rings. The van der Waals surface area contributed by atoms with Crippen molar-refractivity contribution in [2.75, 3.05) is 13.2 Å².